The lowest BCUT2D eigenvalue weighted by molar-refractivity contribution is -0.0111. The molecule has 1 saturated heterocycles. The van der Waals surface area contributed by atoms with Crippen LogP contribution in [0.2, 0.25) is 0 Å². The Hall–Kier alpha value is -1.13. The second-order valence-electron chi connectivity index (χ2n) is 6.12. The van der Waals surface area contributed by atoms with E-state index in [0.717, 1.165) is 31.6 Å². The Balaban J connectivity index is 1.85. The first kappa shape index (κ1) is 16.2. The number of halogens is 1. The van der Waals surface area contributed by atoms with Crippen LogP contribution in [0.5, 0.6) is 5.75 Å². The van der Waals surface area contributed by atoms with Gasteiger partial charge in [-0.25, -0.2) is 4.39 Å². The summed E-state index contributed by atoms with van der Waals surface area (Å²) >= 11 is 0. The summed E-state index contributed by atoms with van der Waals surface area (Å²) in [5, 5.41) is 3.31. The number of benzene rings is 1. The van der Waals surface area contributed by atoms with Gasteiger partial charge in [0.15, 0.2) is 0 Å². The van der Waals surface area contributed by atoms with Crippen molar-refractivity contribution in [2.75, 3.05) is 19.8 Å². The van der Waals surface area contributed by atoms with Crippen molar-refractivity contribution in [2.45, 2.75) is 45.8 Å². The van der Waals surface area contributed by atoms with E-state index in [1.807, 2.05) is 6.07 Å². The number of hydrogen-bond acceptors (Lipinski definition) is 3. The molecule has 0 amide bonds. The fraction of sp³-hybridized carbons (Fsp3) is 0.647. The van der Waals surface area contributed by atoms with Crippen molar-refractivity contribution in [2.24, 2.45) is 5.92 Å². The molecule has 1 fully saturated rings. The molecule has 118 valence electrons. The van der Waals surface area contributed by atoms with Crippen LogP contribution in [-0.4, -0.2) is 25.9 Å². The van der Waals surface area contributed by atoms with E-state index in [9.17, 15) is 4.39 Å². The summed E-state index contributed by atoms with van der Waals surface area (Å²) in [6.45, 7) is 7.19. The maximum Gasteiger partial charge on any atom is 0.127 e. The zero-order valence-corrected chi connectivity index (χ0v) is 13.0. The Morgan fingerprint density at radius 3 is 2.90 bits per heavy atom. The average Bonchev–Trinajstić information content (AvgIpc) is 2.45. The number of hydrogen-bond donors (Lipinski definition) is 1. The largest absolute Gasteiger partial charge is 0.491 e. The van der Waals surface area contributed by atoms with Gasteiger partial charge in [0.2, 0.25) is 0 Å². The second-order valence-corrected chi connectivity index (χ2v) is 6.12. The predicted octanol–water partition coefficient (Wildman–Crippen LogP) is 3.52. The van der Waals surface area contributed by atoms with Gasteiger partial charge in [0.05, 0.1) is 6.10 Å². The van der Waals surface area contributed by atoms with Gasteiger partial charge in [0, 0.05) is 19.2 Å². The Bertz CT molecular complexity index is 431. The van der Waals surface area contributed by atoms with Crippen molar-refractivity contribution in [1.82, 2.24) is 5.32 Å². The Kier molecular flexibility index (Phi) is 6.46. The first-order valence-corrected chi connectivity index (χ1v) is 7.88. The molecule has 4 heteroatoms. The van der Waals surface area contributed by atoms with Crippen molar-refractivity contribution < 1.29 is 13.9 Å². The minimum Gasteiger partial charge on any atom is -0.491 e. The molecule has 21 heavy (non-hydrogen) atoms. The molecule has 1 aromatic carbocycles. The van der Waals surface area contributed by atoms with Crippen LogP contribution in [0.15, 0.2) is 18.2 Å². The van der Waals surface area contributed by atoms with E-state index in [1.165, 1.54) is 12.5 Å². The summed E-state index contributed by atoms with van der Waals surface area (Å²) in [7, 11) is 0. The van der Waals surface area contributed by atoms with E-state index in [4.69, 9.17) is 9.47 Å². The quantitative estimate of drug-likeness (QED) is 0.835. The highest BCUT2D eigenvalue weighted by molar-refractivity contribution is 5.29. The topological polar surface area (TPSA) is 30.5 Å². The van der Waals surface area contributed by atoms with Crippen molar-refractivity contribution >= 4 is 0 Å². The highest BCUT2D eigenvalue weighted by Crippen LogP contribution is 2.19. The molecular formula is C17H26FNO2. The summed E-state index contributed by atoms with van der Waals surface area (Å²) < 4.78 is 25.0. The zero-order chi connectivity index (χ0) is 15.1. The molecule has 1 aromatic rings. The van der Waals surface area contributed by atoms with Crippen molar-refractivity contribution in [3.05, 3.63) is 29.6 Å². The molecular weight excluding hydrogens is 269 g/mol. The number of ether oxygens (including phenoxy) is 2. The van der Waals surface area contributed by atoms with Gasteiger partial charge in [-0.05, 0) is 49.4 Å². The Morgan fingerprint density at radius 2 is 2.19 bits per heavy atom. The van der Waals surface area contributed by atoms with E-state index in [1.54, 1.807) is 6.07 Å². The lowest BCUT2D eigenvalue weighted by Crippen LogP contribution is -2.25. The van der Waals surface area contributed by atoms with Gasteiger partial charge in [0.25, 0.3) is 0 Å². The lowest BCUT2D eigenvalue weighted by atomic mass is 10.1. The highest BCUT2D eigenvalue weighted by atomic mass is 19.1. The van der Waals surface area contributed by atoms with Gasteiger partial charge in [0.1, 0.15) is 18.2 Å². The van der Waals surface area contributed by atoms with Crippen molar-refractivity contribution in [3.63, 3.8) is 0 Å². The van der Waals surface area contributed by atoms with E-state index >= 15 is 0 Å². The second kappa shape index (κ2) is 8.35. The van der Waals surface area contributed by atoms with Crippen LogP contribution < -0.4 is 10.1 Å². The third-order valence-electron chi connectivity index (χ3n) is 3.52. The van der Waals surface area contributed by atoms with E-state index in [2.05, 4.69) is 19.2 Å². The Labute approximate surface area is 126 Å². The fourth-order valence-electron chi connectivity index (χ4n) is 2.44. The molecule has 0 spiro atoms. The monoisotopic (exact) mass is 295 g/mol. The van der Waals surface area contributed by atoms with Gasteiger partial charge in [-0.3, -0.25) is 0 Å². The molecule has 0 aliphatic carbocycles. The molecule has 0 aromatic heterocycles. The molecule has 0 saturated carbocycles. The standard InChI is InChI=1S/C17H26FNO2/c1-13(2)10-19-11-14-7-15(18)9-17(8-14)21-12-16-5-3-4-6-20-16/h7-9,13,16,19H,3-6,10-12H2,1-2H3. The number of rotatable bonds is 7. The molecule has 1 unspecified atom stereocenters. The SMILES string of the molecule is CC(C)CNCc1cc(F)cc(OCC2CCCCO2)c1. The highest BCUT2D eigenvalue weighted by Gasteiger charge is 2.14. The zero-order valence-electron chi connectivity index (χ0n) is 13.0. The summed E-state index contributed by atoms with van der Waals surface area (Å²) in [5.41, 5.74) is 0.912. The van der Waals surface area contributed by atoms with Crippen molar-refractivity contribution in [3.8, 4) is 5.75 Å². The third kappa shape index (κ3) is 6.02. The Morgan fingerprint density at radius 1 is 1.33 bits per heavy atom. The summed E-state index contributed by atoms with van der Waals surface area (Å²) in [5.74, 6) is 0.918. The average molecular weight is 295 g/mol. The predicted molar refractivity (Wildman–Crippen MR) is 82.0 cm³/mol. The summed E-state index contributed by atoms with van der Waals surface area (Å²) in [6, 6.07) is 4.89. The van der Waals surface area contributed by atoms with Gasteiger partial charge in [-0.15, -0.1) is 0 Å². The third-order valence-corrected chi connectivity index (χ3v) is 3.52. The molecule has 3 nitrogen and oxygen atoms in total. The summed E-state index contributed by atoms with van der Waals surface area (Å²) in [6.07, 6.45) is 3.48. The van der Waals surface area contributed by atoms with Crippen LogP contribution in [-0.2, 0) is 11.3 Å². The molecule has 0 bridgehead atoms. The maximum atomic E-state index is 13.6. The smallest absolute Gasteiger partial charge is 0.127 e. The molecule has 1 aliphatic rings. The minimum absolute atomic E-state index is 0.143. The summed E-state index contributed by atoms with van der Waals surface area (Å²) in [4.78, 5) is 0. The van der Waals surface area contributed by atoms with Crippen LogP contribution in [0, 0.1) is 11.7 Å². The molecule has 0 radical (unpaired) electrons. The molecule has 1 atom stereocenters. The molecule has 1 N–H and O–H groups in total. The van der Waals surface area contributed by atoms with Crippen LogP contribution in [0.3, 0.4) is 0 Å². The fourth-order valence-corrected chi connectivity index (χ4v) is 2.44. The van der Waals surface area contributed by atoms with Gasteiger partial charge in [-0.2, -0.15) is 0 Å². The van der Waals surface area contributed by atoms with E-state index < -0.39 is 0 Å². The molecule has 1 heterocycles. The van der Waals surface area contributed by atoms with E-state index in [0.29, 0.717) is 24.8 Å². The first-order valence-electron chi connectivity index (χ1n) is 7.88. The first-order chi connectivity index (χ1) is 10.1. The van der Waals surface area contributed by atoms with Crippen LogP contribution in [0.1, 0.15) is 38.7 Å². The van der Waals surface area contributed by atoms with E-state index in [-0.39, 0.29) is 11.9 Å². The maximum absolute atomic E-state index is 13.6. The molecule has 2 rings (SSSR count). The minimum atomic E-state index is -0.251. The number of nitrogens with one attached hydrogen (secondary N) is 1. The van der Waals surface area contributed by atoms with Crippen LogP contribution in [0.25, 0.3) is 0 Å². The normalized spacial score (nSPS) is 19.0. The van der Waals surface area contributed by atoms with Gasteiger partial charge < -0.3 is 14.8 Å². The van der Waals surface area contributed by atoms with Crippen molar-refractivity contribution in [1.29, 1.82) is 0 Å². The molecule has 1 aliphatic heterocycles. The van der Waals surface area contributed by atoms with Crippen LogP contribution >= 0.6 is 0 Å². The van der Waals surface area contributed by atoms with Gasteiger partial charge in [-0.1, -0.05) is 13.8 Å². The van der Waals surface area contributed by atoms with Gasteiger partial charge >= 0.3 is 0 Å². The van der Waals surface area contributed by atoms with Crippen LogP contribution in [0.4, 0.5) is 4.39 Å². The lowest BCUT2D eigenvalue weighted by Gasteiger charge is -2.22.